The summed E-state index contributed by atoms with van der Waals surface area (Å²) in [4.78, 5) is 13.6. The molecule has 98 valence electrons. The van der Waals surface area contributed by atoms with Crippen molar-refractivity contribution < 1.29 is 14.3 Å². The standard InChI is InChI=1S/C13H23NO3/c1-14(9-12-3-2-6-17-12)10-13(11-15)4-7-16-8-5-13/h11-12H,2-10H2,1H3. The summed E-state index contributed by atoms with van der Waals surface area (Å²) in [6.07, 6.45) is 5.54. The summed E-state index contributed by atoms with van der Waals surface area (Å²) in [6.45, 7) is 4.10. The largest absolute Gasteiger partial charge is 0.381 e. The van der Waals surface area contributed by atoms with Crippen LogP contribution in [0.5, 0.6) is 0 Å². The lowest BCUT2D eigenvalue weighted by Gasteiger charge is -2.36. The van der Waals surface area contributed by atoms with Crippen molar-refractivity contribution in [1.82, 2.24) is 4.90 Å². The zero-order valence-electron chi connectivity index (χ0n) is 10.7. The number of likely N-dealkylation sites (N-methyl/N-ethyl adjacent to an activating group) is 1. The van der Waals surface area contributed by atoms with Crippen molar-refractivity contribution in [1.29, 1.82) is 0 Å². The van der Waals surface area contributed by atoms with E-state index in [4.69, 9.17) is 9.47 Å². The van der Waals surface area contributed by atoms with Crippen molar-refractivity contribution in [2.75, 3.05) is 40.0 Å². The second-order valence-electron chi connectivity index (χ2n) is 5.42. The summed E-state index contributed by atoms with van der Waals surface area (Å²) in [5, 5.41) is 0. The van der Waals surface area contributed by atoms with Crippen LogP contribution in [0.25, 0.3) is 0 Å². The maximum Gasteiger partial charge on any atom is 0.127 e. The number of nitrogens with zero attached hydrogens (tertiary/aromatic N) is 1. The number of ether oxygens (including phenoxy) is 2. The monoisotopic (exact) mass is 241 g/mol. The van der Waals surface area contributed by atoms with Crippen LogP contribution in [0.2, 0.25) is 0 Å². The number of carbonyl (C=O) groups excluding carboxylic acids is 1. The average Bonchev–Trinajstić information content (AvgIpc) is 2.83. The lowest BCUT2D eigenvalue weighted by molar-refractivity contribution is -0.123. The second kappa shape index (κ2) is 5.94. The molecule has 2 fully saturated rings. The molecule has 0 aromatic heterocycles. The predicted molar refractivity (Wildman–Crippen MR) is 65.0 cm³/mol. The van der Waals surface area contributed by atoms with Gasteiger partial charge in [0.25, 0.3) is 0 Å². The Labute approximate surface area is 103 Å². The molecule has 4 nitrogen and oxygen atoms in total. The fourth-order valence-corrected chi connectivity index (χ4v) is 2.83. The Hall–Kier alpha value is -0.450. The van der Waals surface area contributed by atoms with Gasteiger partial charge in [-0.15, -0.1) is 0 Å². The topological polar surface area (TPSA) is 38.8 Å². The molecule has 2 aliphatic heterocycles. The van der Waals surface area contributed by atoms with E-state index in [0.717, 1.165) is 45.2 Å². The van der Waals surface area contributed by atoms with E-state index in [1.54, 1.807) is 0 Å². The molecule has 0 saturated carbocycles. The Balaban J connectivity index is 1.82. The summed E-state index contributed by atoms with van der Waals surface area (Å²) in [5.74, 6) is 0. The van der Waals surface area contributed by atoms with Gasteiger partial charge >= 0.3 is 0 Å². The highest BCUT2D eigenvalue weighted by atomic mass is 16.5. The Morgan fingerprint density at radius 2 is 2.12 bits per heavy atom. The molecule has 2 saturated heterocycles. The number of aldehydes is 1. The summed E-state index contributed by atoms with van der Waals surface area (Å²) in [5.41, 5.74) is -0.189. The summed E-state index contributed by atoms with van der Waals surface area (Å²) in [7, 11) is 2.09. The van der Waals surface area contributed by atoms with Crippen LogP contribution in [0.1, 0.15) is 25.7 Å². The molecular formula is C13H23NO3. The van der Waals surface area contributed by atoms with Crippen molar-refractivity contribution in [3.8, 4) is 0 Å². The molecule has 2 heterocycles. The van der Waals surface area contributed by atoms with Gasteiger partial charge in [-0.3, -0.25) is 0 Å². The Morgan fingerprint density at radius 1 is 1.35 bits per heavy atom. The maximum atomic E-state index is 11.3. The third kappa shape index (κ3) is 3.50. The number of hydrogen-bond acceptors (Lipinski definition) is 4. The first-order valence-electron chi connectivity index (χ1n) is 6.58. The van der Waals surface area contributed by atoms with Crippen LogP contribution in [-0.2, 0) is 14.3 Å². The first-order valence-corrected chi connectivity index (χ1v) is 6.58. The van der Waals surface area contributed by atoms with Crippen molar-refractivity contribution in [2.45, 2.75) is 31.8 Å². The molecule has 0 spiro atoms. The summed E-state index contributed by atoms with van der Waals surface area (Å²) < 4.78 is 11.0. The fourth-order valence-electron chi connectivity index (χ4n) is 2.83. The van der Waals surface area contributed by atoms with Crippen LogP contribution in [-0.4, -0.2) is 57.2 Å². The van der Waals surface area contributed by atoms with Crippen molar-refractivity contribution >= 4 is 6.29 Å². The van der Waals surface area contributed by atoms with Crippen LogP contribution in [0.4, 0.5) is 0 Å². The fraction of sp³-hybridized carbons (Fsp3) is 0.923. The SMILES string of the molecule is CN(CC1CCCO1)CC1(C=O)CCOCC1. The zero-order chi connectivity index (χ0) is 12.1. The molecule has 0 aromatic carbocycles. The molecule has 0 amide bonds. The second-order valence-corrected chi connectivity index (χ2v) is 5.42. The minimum Gasteiger partial charge on any atom is -0.381 e. The molecule has 2 aliphatic rings. The smallest absolute Gasteiger partial charge is 0.127 e. The molecule has 0 radical (unpaired) electrons. The van der Waals surface area contributed by atoms with Crippen molar-refractivity contribution in [3.05, 3.63) is 0 Å². The highest BCUT2D eigenvalue weighted by molar-refractivity contribution is 5.60. The van der Waals surface area contributed by atoms with Gasteiger partial charge in [0.15, 0.2) is 0 Å². The van der Waals surface area contributed by atoms with E-state index < -0.39 is 0 Å². The van der Waals surface area contributed by atoms with Gasteiger partial charge in [-0.1, -0.05) is 0 Å². The van der Waals surface area contributed by atoms with Crippen LogP contribution < -0.4 is 0 Å². The lowest BCUT2D eigenvalue weighted by atomic mass is 9.81. The van der Waals surface area contributed by atoms with Gasteiger partial charge in [-0.25, -0.2) is 0 Å². The van der Waals surface area contributed by atoms with Crippen LogP contribution in [0, 0.1) is 5.41 Å². The van der Waals surface area contributed by atoms with Gasteiger partial charge in [0.2, 0.25) is 0 Å². The lowest BCUT2D eigenvalue weighted by Crippen LogP contribution is -2.43. The van der Waals surface area contributed by atoms with E-state index in [1.165, 1.54) is 6.42 Å². The van der Waals surface area contributed by atoms with E-state index >= 15 is 0 Å². The molecule has 2 rings (SSSR count). The molecular weight excluding hydrogens is 218 g/mol. The molecule has 4 heteroatoms. The van der Waals surface area contributed by atoms with Crippen molar-refractivity contribution in [2.24, 2.45) is 5.41 Å². The molecule has 0 aliphatic carbocycles. The highest BCUT2D eigenvalue weighted by Crippen LogP contribution is 2.29. The minimum atomic E-state index is -0.189. The van der Waals surface area contributed by atoms with Gasteiger partial charge in [-0.05, 0) is 32.7 Å². The van der Waals surface area contributed by atoms with Gasteiger partial charge < -0.3 is 19.2 Å². The average molecular weight is 241 g/mol. The van der Waals surface area contributed by atoms with Crippen LogP contribution in [0.15, 0.2) is 0 Å². The van der Waals surface area contributed by atoms with E-state index in [9.17, 15) is 4.79 Å². The number of rotatable bonds is 5. The number of carbonyl (C=O) groups is 1. The van der Waals surface area contributed by atoms with Gasteiger partial charge in [-0.2, -0.15) is 0 Å². The summed E-state index contributed by atoms with van der Waals surface area (Å²) in [6, 6.07) is 0. The zero-order valence-corrected chi connectivity index (χ0v) is 10.7. The first kappa shape index (κ1) is 13.0. The predicted octanol–water partition coefficient (Wildman–Crippen LogP) is 1.09. The van der Waals surface area contributed by atoms with Gasteiger partial charge in [0, 0.05) is 38.3 Å². The Bertz CT molecular complexity index is 245. The Morgan fingerprint density at radius 3 is 2.71 bits per heavy atom. The molecule has 1 atom stereocenters. The Kier molecular flexibility index (Phi) is 4.54. The molecule has 0 aromatic rings. The molecule has 17 heavy (non-hydrogen) atoms. The molecule has 0 N–H and O–H groups in total. The highest BCUT2D eigenvalue weighted by Gasteiger charge is 2.34. The van der Waals surface area contributed by atoms with E-state index in [2.05, 4.69) is 11.9 Å². The molecule has 1 unspecified atom stereocenters. The minimum absolute atomic E-state index is 0.189. The van der Waals surface area contributed by atoms with E-state index in [1.807, 2.05) is 0 Å². The van der Waals surface area contributed by atoms with E-state index in [0.29, 0.717) is 19.3 Å². The number of hydrogen-bond donors (Lipinski definition) is 0. The van der Waals surface area contributed by atoms with Crippen LogP contribution >= 0.6 is 0 Å². The first-order chi connectivity index (χ1) is 8.24. The maximum absolute atomic E-state index is 11.3. The quantitative estimate of drug-likeness (QED) is 0.676. The van der Waals surface area contributed by atoms with E-state index in [-0.39, 0.29) is 5.41 Å². The third-order valence-corrected chi connectivity index (χ3v) is 3.86. The van der Waals surface area contributed by atoms with Crippen LogP contribution in [0.3, 0.4) is 0 Å². The normalized spacial score (nSPS) is 28.5. The molecule has 0 bridgehead atoms. The van der Waals surface area contributed by atoms with Gasteiger partial charge in [0.1, 0.15) is 6.29 Å². The van der Waals surface area contributed by atoms with Gasteiger partial charge in [0.05, 0.1) is 6.10 Å². The third-order valence-electron chi connectivity index (χ3n) is 3.86. The van der Waals surface area contributed by atoms with Crippen molar-refractivity contribution in [3.63, 3.8) is 0 Å². The summed E-state index contributed by atoms with van der Waals surface area (Å²) >= 11 is 0.